The SMILES string of the molecule is O=C(OCC(=O)N1CCN(S(=O)(=O)c2ccc(F)cc2)CC1)c1cn[nH]c1-c1ccccc1. The Balaban J connectivity index is 1.32. The average Bonchev–Trinajstić information content (AvgIpc) is 3.33. The maximum absolute atomic E-state index is 13.1. The summed E-state index contributed by atoms with van der Waals surface area (Å²) in [7, 11) is -3.78. The lowest BCUT2D eigenvalue weighted by molar-refractivity contribution is -0.135. The number of nitrogens with one attached hydrogen (secondary N) is 1. The number of ether oxygens (including phenoxy) is 1. The lowest BCUT2D eigenvalue weighted by Crippen LogP contribution is -2.51. The van der Waals surface area contributed by atoms with Crippen LogP contribution in [0.25, 0.3) is 11.3 Å². The zero-order chi connectivity index (χ0) is 23.4. The summed E-state index contributed by atoms with van der Waals surface area (Å²) in [5, 5.41) is 6.65. The van der Waals surface area contributed by atoms with Crippen LogP contribution < -0.4 is 0 Å². The highest BCUT2D eigenvalue weighted by Gasteiger charge is 2.30. The second-order valence-corrected chi connectivity index (χ2v) is 9.28. The minimum absolute atomic E-state index is 0.00746. The summed E-state index contributed by atoms with van der Waals surface area (Å²) >= 11 is 0. The summed E-state index contributed by atoms with van der Waals surface area (Å²) < 4.78 is 44.9. The second kappa shape index (κ2) is 9.51. The number of esters is 1. The molecule has 1 amide bonds. The predicted octanol–water partition coefficient (Wildman–Crippen LogP) is 1.91. The zero-order valence-electron chi connectivity index (χ0n) is 17.5. The Morgan fingerprint density at radius 1 is 1.00 bits per heavy atom. The number of hydrogen-bond donors (Lipinski definition) is 1. The van der Waals surface area contributed by atoms with Crippen LogP contribution in [0.1, 0.15) is 10.4 Å². The van der Waals surface area contributed by atoms with Crippen LogP contribution in [0.4, 0.5) is 4.39 Å². The summed E-state index contributed by atoms with van der Waals surface area (Å²) in [5.41, 5.74) is 1.46. The number of amides is 1. The van der Waals surface area contributed by atoms with Crippen molar-refractivity contribution in [3.63, 3.8) is 0 Å². The van der Waals surface area contributed by atoms with Gasteiger partial charge < -0.3 is 9.64 Å². The summed E-state index contributed by atoms with van der Waals surface area (Å²) in [6.45, 7) is -0.00289. The van der Waals surface area contributed by atoms with E-state index in [1.165, 1.54) is 27.5 Å². The molecule has 1 N–H and O–H groups in total. The number of carbonyl (C=O) groups is 2. The van der Waals surface area contributed by atoms with Gasteiger partial charge in [-0.25, -0.2) is 17.6 Å². The van der Waals surface area contributed by atoms with Crippen molar-refractivity contribution in [3.05, 3.63) is 72.2 Å². The van der Waals surface area contributed by atoms with Crippen LogP contribution in [-0.2, 0) is 19.6 Å². The monoisotopic (exact) mass is 472 g/mol. The summed E-state index contributed by atoms with van der Waals surface area (Å²) in [6, 6.07) is 13.7. The highest BCUT2D eigenvalue weighted by molar-refractivity contribution is 7.89. The molecule has 0 radical (unpaired) electrons. The first-order chi connectivity index (χ1) is 15.9. The molecule has 1 saturated heterocycles. The molecule has 1 aliphatic heterocycles. The molecule has 0 spiro atoms. The first-order valence-electron chi connectivity index (χ1n) is 10.2. The van der Waals surface area contributed by atoms with Gasteiger partial charge in [-0.3, -0.25) is 9.89 Å². The third-order valence-corrected chi connectivity index (χ3v) is 7.20. The van der Waals surface area contributed by atoms with E-state index in [9.17, 15) is 22.4 Å². The molecule has 0 saturated carbocycles. The number of piperazine rings is 1. The topological polar surface area (TPSA) is 113 Å². The lowest BCUT2D eigenvalue weighted by Gasteiger charge is -2.33. The van der Waals surface area contributed by atoms with Gasteiger partial charge in [-0.2, -0.15) is 9.40 Å². The second-order valence-electron chi connectivity index (χ2n) is 7.34. The molecule has 0 aliphatic carbocycles. The van der Waals surface area contributed by atoms with Crippen molar-refractivity contribution in [2.75, 3.05) is 32.8 Å². The van der Waals surface area contributed by atoms with Gasteiger partial charge in [-0.1, -0.05) is 30.3 Å². The number of halogens is 1. The van der Waals surface area contributed by atoms with E-state index in [0.29, 0.717) is 5.69 Å². The number of aromatic amines is 1. The maximum atomic E-state index is 13.1. The Morgan fingerprint density at radius 2 is 1.67 bits per heavy atom. The fourth-order valence-corrected chi connectivity index (χ4v) is 4.92. The summed E-state index contributed by atoms with van der Waals surface area (Å²) in [6.07, 6.45) is 1.34. The fraction of sp³-hybridized carbons (Fsp3) is 0.227. The Bertz CT molecular complexity index is 1240. The van der Waals surface area contributed by atoms with E-state index in [1.54, 1.807) is 0 Å². The molecular weight excluding hydrogens is 451 g/mol. The number of benzene rings is 2. The molecule has 3 aromatic rings. The number of rotatable bonds is 6. The predicted molar refractivity (Wildman–Crippen MR) is 116 cm³/mol. The molecule has 33 heavy (non-hydrogen) atoms. The Hall–Kier alpha value is -3.57. The van der Waals surface area contributed by atoms with Crippen molar-refractivity contribution in [1.82, 2.24) is 19.4 Å². The molecule has 11 heteroatoms. The Morgan fingerprint density at radius 3 is 2.33 bits per heavy atom. The summed E-state index contributed by atoms with van der Waals surface area (Å²) in [5.74, 6) is -1.63. The smallest absolute Gasteiger partial charge is 0.342 e. The van der Waals surface area contributed by atoms with Crippen LogP contribution in [0.15, 0.2) is 65.7 Å². The molecule has 0 unspecified atom stereocenters. The third kappa shape index (κ3) is 4.94. The van der Waals surface area contributed by atoms with Gasteiger partial charge in [0.1, 0.15) is 11.4 Å². The molecule has 4 rings (SSSR count). The van der Waals surface area contributed by atoms with Gasteiger partial charge in [0.15, 0.2) is 6.61 Å². The molecule has 172 valence electrons. The van der Waals surface area contributed by atoms with Crippen LogP contribution in [0.2, 0.25) is 0 Å². The van der Waals surface area contributed by atoms with Crippen molar-refractivity contribution in [3.8, 4) is 11.3 Å². The number of nitrogens with zero attached hydrogens (tertiary/aromatic N) is 3. The lowest BCUT2D eigenvalue weighted by atomic mass is 10.1. The Kier molecular flexibility index (Phi) is 6.52. The minimum atomic E-state index is -3.78. The number of H-pyrrole nitrogens is 1. The molecular formula is C22H21FN4O5S. The van der Waals surface area contributed by atoms with Crippen molar-refractivity contribution >= 4 is 21.9 Å². The van der Waals surface area contributed by atoms with E-state index in [1.807, 2.05) is 30.3 Å². The van der Waals surface area contributed by atoms with Crippen molar-refractivity contribution in [2.45, 2.75) is 4.90 Å². The highest BCUT2D eigenvalue weighted by atomic mass is 32.2. The van der Waals surface area contributed by atoms with Crippen molar-refractivity contribution in [2.24, 2.45) is 0 Å². The van der Waals surface area contributed by atoms with Gasteiger partial charge >= 0.3 is 5.97 Å². The van der Waals surface area contributed by atoms with E-state index in [4.69, 9.17) is 4.74 Å². The third-order valence-electron chi connectivity index (χ3n) is 5.29. The first kappa shape index (κ1) is 22.6. The molecule has 1 aliphatic rings. The van der Waals surface area contributed by atoms with Crippen molar-refractivity contribution in [1.29, 1.82) is 0 Å². The first-order valence-corrected chi connectivity index (χ1v) is 11.6. The average molecular weight is 472 g/mol. The molecule has 2 aromatic carbocycles. The van der Waals surface area contributed by atoms with Gasteiger partial charge in [0.25, 0.3) is 5.91 Å². The van der Waals surface area contributed by atoms with Crippen LogP contribution in [0.5, 0.6) is 0 Å². The van der Waals surface area contributed by atoms with Crippen LogP contribution in [0, 0.1) is 5.82 Å². The minimum Gasteiger partial charge on any atom is -0.452 e. The normalized spacial score (nSPS) is 14.8. The molecule has 2 heterocycles. The molecule has 1 fully saturated rings. The van der Waals surface area contributed by atoms with Crippen LogP contribution in [-0.4, -0.2) is 72.5 Å². The van der Waals surface area contributed by atoms with E-state index in [-0.39, 0.29) is 36.6 Å². The number of sulfonamides is 1. The van der Waals surface area contributed by atoms with E-state index in [0.717, 1.165) is 17.7 Å². The van der Waals surface area contributed by atoms with Gasteiger partial charge in [0.2, 0.25) is 10.0 Å². The van der Waals surface area contributed by atoms with Crippen LogP contribution in [0.3, 0.4) is 0 Å². The Labute approximate surface area is 189 Å². The van der Waals surface area contributed by atoms with Gasteiger partial charge in [-0.05, 0) is 24.3 Å². The van der Waals surface area contributed by atoms with E-state index in [2.05, 4.69) is 10.2 Å². The fourth-order valence-electron chi connectivity index (χ4n) is 3.50. The molecule has 0 bridgehead atoms. The standard InChI is InChI=1S/C22H21FN4O5S/c23-17-6-8-18(9-7-17)33(30,31)27-12-10-26(11-13-27)20(28)15-32-22(29)19-14-24-25-21(19)16-4-2-1-3-5-16/h1-9,14H,10-13,15H2,(H,24,25). The quantitative estimate of drug-likeness (QED) is 0.549. The van der Waals surface area contributed by atoms with E-state index >= 15 is 0 Å². The molecule has 1 aromatic heterocycles. The number of hydrogen-bond acceptors (Lipinski definition) is 6. The van der Waals surface area contributed by atoms with Gasteiger partial charge in [0, 0.05) is 31.7 Å². The zero-order valence-corrected chi connectivity index (χ0v) is 18.3. The molecule has 0 atom stereocenters. The van der Waals surface area contributed by atoms with Crippen molar-refractivity contribution < 1.29 is 27.1 Å². The van der Waals surface area contributed by atoms with Crippen LogP contribution >= 0.6 is 0 Å². The number of carbonyl (C=O) groups excluding carboxylic acids is 2. The number of aromatic nitrogens is 2. The van der Waals surface area contributed by atoms with Gasteiger partial charge in [-0.15, -0.1) is 0 Å². The molecule has 9 nitrogen and oxygen atoms in total. The summed E-state index contributed by atoms with van der Waals surface area (Å²) in [4.78, 5) is 26.4. The van der Waals surface area contributed by atoms with E-state index < -0.39 is 34.3 Å². The van der Waals surface area contributed by atoms with Gasteiger partial charge in [0.05, 0.1) is 16.8 Å². The highest BCUT2D eigenvalue weighted by Crippen LogP contribution is 2.21. The maximum Gasteiger partial charge on any atom is 0.342 e. The largest absolute Gasteiger partial charge is 0.452 e.